The zero-order chi connectivity index (χ0) is 13.9. The summed E-state index contributed by atoms with van der Waals surface area (Å²) in [6.45, 7) is 1.92. The van der Waals surface area contributed by atoms with Crippen LogP contribution in [0.15, 0.2) is 47.5 Å². The van der Waals surface area contributed by atoms with Gasteiger partial charge in [-0.15, -0.1) is 0 Å². The molecule has 0 amide bonds. The SMILES string of the molecule is COc1cc(CS(=O)(=O)c2ccc(C)cc2)ccn1. The first kappa shape index (κ1) is 13.5. The molecule has 2 rings (SSSR count). The summed E-state index contributed by atoms with van der Waals surface area (Å²) in [7, 11) is -1.84. The van der Waals surface area contributed by atoms with Crippen molar-refractivity contribution in [3.63, 3.8) is 0 Å². The Bertz CT molecular complexity index is 663. The van der Waals surface area contributed by atoms with Crippen molar-refractivity contribution in [3.05, 3.63) is 53.7 Å². The zero-order valence-electron chi connectivity index (χ0n) is 10.8. The van der Waals surface area contributed by atoms with Gasteiger partial charge >= 0.3 is 0 Å². The summed E-state index contributed by atoms with van der Waals surface area (Å²) in [4.78, 5) is 4.28. The van der Waals surface area contributed by atoms with Crippen molar-refractivity contribution in [2.24, 2.45) is 0 Å². The lowest BCUT2D eigenvalue weighted by Crippen LogP contribution is -2.05. The van der Waals surface area contributed by atoms with Gasteiger partial charge in [-0.25, -0.2) is 13.4 Å². The van der Waals surface area contributed by atoms with Crippen molar-refractivity contribution in [1.82, 2.24) is 4.98 Å². The van der Waals surface area contributed by atoms with Gasteiger partial charge in [0, 0.05) is 12.3 Å². The van der Waals surface area contributed by atoms with E-state index in [0.29, 0.717) is 16.3 Å². The molecule has 1 aromatic heterocycles. The van der Waals surface area contributed by atoms with Crippen LogP contribution in [-0.2, 0) is 15.6 Å². The number of methoxy groups -OCH3 is 1. The number of nitrogens with zero attached hydrogens (tertiary/aromatic N) is 1. The number of aromatic nitrogens is 1. The minimum Gasteiger partial charge on any atom is -0.481 e. The third kappa shape index (κ3) is 3.32. The molecule has 0 spiro atoms. The van der Waals surface area contributed by atoms with Crippen LogP contribution in [0.1, 0.15) is 11.1 Å². The monoisotopic (exact) mass is 277 g/mol. The molecule has 1 aromatic carbocycles. The Hall–Kier alpha value is -1.88. The van der Waals surface area contributed by atoms with E-state index in [1.165, 1.54) is 7.11 Å². The molecule has 5 heteroatoms. The number of hydrogen-bond acceptors (Lipinski definition) is 4. The van der Waals surface area contributed by atoms with E-state index in [-0.39, 0.29) is 5.75 Å². The average Bonchev–Trinajstić information content (AvgIpc) is 2.39. The van der Waals surface area contributed by atoms with E-state index in [9.17, 15) is 8.42 Å². The van der Waals surface area contributed by atoms with Gasteiger partial charge in [-0.2, -0.15) is 0 Å². The van der Waals surface area contributed by atoms with Crippen LogP contribution in [0.3, 0.4) is 0 Å². The van der Waals surface area contributed by atoms with Gasteiger partial charge < -0.3 is 4.74 Å². The summed E-state index contributed by atoms with van der Waals surface area (Å²) < 4.78 is 29.5. The lowest BCUT2D eigenvalue weighted by atomic mass is 10.2. The van der Waals surface area contributed by atoms with Crippen molar-refractivity contribution >= 4 is 9.84 Å². The van der Waals surface area contributed by atoms with Crippen molar-refractivity contribution in [1.29, 1.82) is 0 Å². The third-order valence-corrected chi connectivity index (χ3v) is 4.45. The normalized spacial score (nSPS) is 11.3. The summed E-state index contributed by atoms with van der Waals surface area (Å²) in [5.74, 6) is 0.353. The number of aryl methyl sites for hydroxylation is 1. The fourth-order valence-corrected chi connectivity index (χ4v) is 3.04. The molecule has 0 saturated heterocycles. The molecule has 100 valence electrons. The second-order valence-electron chi connectivity index (χ2n) is 4.28. The van der Waals surface area contributed by atoms with Crippen LogP contribution in [-0.4, -0.2) is 20.5 Å². The molecule has 19 heavy (non-hydrogen) atoms. The van der Waals surface area contributed by atoms with Gasteiger partial charge in [0.25, 0.3) is 0 Å². The maximum atomic E-state index is 12.3. The molecule has 0 N–H and O–H groups in total. The highest BCUT2D eigenvalue weighted by atomic mass is 32.2. The maximum Gasteiger partial charge on any atom is 0.213 e. The quantitative estimate of drug-likeness (QED) is 0.861. The topological polar surface area (TPSA) is 56.3 Å². The van der Waals surface area contributed by atoms with Crippen molar-refractivity contribution in [3.8, 4) is 5.88 Å². The summed E-state index contributed by atoms with van der Waals surface area (Å²) in [5.41, 5.74) is 1.69. The highest BCUT2D eigenvalue weighted by Crippen LogP contribution is 2.18. The Morgan fingerprint density at radius 3 is 2.47 bits per heavy atom. The predicted molar refractivity (Wildman–Crippen MR) is 72.9 cm³/mol. The standard InChI is InChI=1S/C14H15NO3S/c1-11-3-5-13(6-4-11)19(16,17)10-12-7-8-15-14(9-12)18-2/h3-9H,10H2,1-2H3. The van der Waals surface area contributed by atoms with E-state index in [2.05, 4.69) is 4.98 Å². The number of pyridine rings is 1. The average molecular weight is 277 g/mol. The molecular formula is C14H15NO3S. The van der Waals surface area contributed by atoms with Gasteiger partial charge in [0.05, 0.1) is 17.8 Å². The van der Waals surface area contributed by atoms with Crippen LogP contribution in [0.4, 0.5) is 0 Å². The third-order valence-electron chi connectivity index (χ3n) is 2.75. The molecule has 0 radical (unpaired) electrons. The van der Waals surface area contributed by atoms with E-state index in [1.807, 2.05) is 6.92 Å². The summed E-state index contributed by atoms with van der Waals surface area (Å²) in [6, 6.07) is 10.1. The smallest absolute Gasteiger partial charge is 0.213 e. The molecule has 0 atom stereocenters. The summed E-state index contributed by atoms with van der Waals surface area (Å²) in [5, 5.41) is 0. The zero-order valence-corrected chi connectivity index (χ0v) is 11.6. The Labute approximate surface area is 113 Å². The lowest BCUT2D eigenvalue weighted by molar-refractivity contribution is 0.397. The van der Waals surface area contributed by atoms with Gasteiger partial charge in [-0.1, -0.05) is 17.7 Å². The van der Waals surface area contributed by atoms with Crippen LogP contribution < -0.4 is 4.74 Å². The van der Waals surface area contributed by atoms with Crippen molar-refractivity contribution < 1.29 is 13.2 Å². The second-order valence-corrected chi connectivity index (χ2v) is 6.27. The van der Waals surface area contributed by atoms with Gasteiger partial charge in [0.2, 0.25) is 5.88 Å². The maximum absolute atomic E-state index is 12.3. The van der Waals surface area contributed by atoms with Gasteiger partial charge in [-0.3, -0.25) is 0 Å². The molecule has 0 unspecified atom stereocenters. The molecule has 1 heterocycles. The Balaban J connectivity index is 2.28. The fraction of sp³-hybridized carbons (Fsp3) is 0.214. The Morgan fingerprint density at radius 2 is 1.84 bits per heavy atom. The van der Waals surface area contributed by atoms with Crippen molar-refractivity contribution in [2.45, 2.75) is 17.6 Å². The van der Waals surface area contributed by atoms with Crippen LogP contribution in [0, 0.1) is 6.92 Å². The molecule has 0 aliphatic rings. The number of ether oxygens (including phenoxy) is 1. The van der Waals surface area contributed by atoms with Gasteiger partial charge in [0.1, 0.15) is 0 Å². The molecule has 0 saturated carbocycles. The molecule has 0 bridgehead atoms. The van der Waals surface area contributed by atoms with Gasteiger partial charge in [-0.05, 0) is 30.7 Å². The van der Waals surface area contributed by atoms with E-state index in [4.69, 9.17) is 4.74 Å². The van der Waals surface area contributed by atoms with E-state index in [1.54, 1.807) is 42.6 Å². The minimum atomic E-state index is -3.34. The van der Waals surface area contributed by atoms with Crippen LogP contribution >= 0.6 is 0 Å². The fourth-order valence-electron chi connectivity index (χ4n) is 1.70. The lowest BCUT2D eigenvalue weighted by Gasteiger charge is -2.06. The highest BCUT2D eigenvalue weighted by Gasteiger charge is 2.15. The second kappa shape index (κ2) is 5.40. The number of benzene rings is 1. The largest absolute Gasteiger partial charge is 0.481 e. The van der Waals surface area contributed by atoms with Crippen LogP contribution in [0.2, 0.25) is 0 Å². The molecular weight excluding hydrogens is 262 g/mol. The molecule has 4 nitrogen and oxygen atoms in total. The number of sulfone groups is 1. The van der Waals surface area contributed by atoms with Gasteiger partial charge in [0.15, 0.2) is 9.84 Å². The van der Waals surface area contributed by atoms with E-state index < -0.39 is 9.84 Å². The minimum absolute atomic E-state index is 0.0606. The Morgan fingerprint density at radius 1 is 1.16 bits per heavy atom. The van der Waals surface area contributed by atoms with Crippen molar-refractivity contribution in [2.75, 3.05) is 7.11 Å². The first-order chi connectivity index (χ1) is 9.01. The molecule has 0 aliphatic carbocycles. The van der Waals surface area contributed by atoms with Crippen LogP contribution in [0.5, 0.6) is 5.88 Å². The molecule has 0 aliphatic heterocycles. The highest BCUT2D eigenvalue weighted by molar-refractivity contribution is 7.90. The molecule has 2 aromatic rings. The Kier molecular flexibility index (Phi) is 3.85. The first-order valence-corrected chi connectivity index (χ1v) is 7.45. The number of rotatable bonds is 4. The van der Waals surface area contributed by atoms with Crippen LogP contribution in [0.25, 0.3) is 0 Å². The summed E-state index contributed by atoms with van der Waals surface area (Å²) in [6.07, 6.45) is 1.54. The summed E-state index contributed by atoms with van der Waals surface area (Å²) >= 11 is 0. The van der Waals surface area contributed by atoms with E-state index >= 15 is 0 Å². The number of hydrogen-bond donors (Lipinski definition) is 0. The molecule has 0 fully saturated rings. The first-order valence-electron chi connectivity index (χ1n) is 5.79. The predicted octanol–water partition coefficient (Wildman–Crippen LogP) is 2.37. The van der Waals surface area contributed by atoms with E-state index in [0.717, 1.165) is 5.56 Å².